The molecular formula is C21H24F3N3O3. The number of rotatable bonds is 10. The van der Waals surface area contributed by atoms with E-state index in [0.29, 0.717) is 25.3 Å². The van der Waals surface area contributed by atoms with Crippen molar-refractivity contribution in [2.75, 3.05) is 32.1 Å². The third-order valence-electron chi connectivity index (χ3n) is 4.23. The molecule has 0 bridgehead atoms. The highest BCUT2D eigenvalue weighted by Crippen LogP contribution is 2.19. The molecule has 162 valence electrons. The second-order valence-electron chi connectivity index (χ2n) is 6.61. The van der Waals surface area contributed by atoms with E-state index in [0.717, 1.165) is 17.7 Å². The fourth-order valence-corrected chi connectivity index (χ4v) is 2.75. The number of carbonyl (C=O) groups is 2. The molecular weight excluding hydrogens is 399 g/mol. The number of anilines is 1. The lowest BCUT2D eigenvalue weighted by molar-refractivity contribution is -0.123. The van der Waals surface area contributed by atoms with Gasteiger partial charge in [-0.15, -0.1) is 0 Å². The van der Waals surface area contributed by atoms with E-state index in [1.807, 2.05) is 19.1 Å². The van der Waals surface area contributed by atoms with E-state index in [1.54, 1.807) is 24.1 Å². The summed E-state index contributed by atoms with van der Waals surface area (Å²) in [4.78, 5) is 26.0. The molecule has 0 fully saturated rings. The molecule has 30 heavy (non-hydrogen) atoms. The lowest BCUT2D eigenvalue weighted by Crippen LogP contribution is -2.41. The van der Waals surface area contributed by atoms with E-state index in [2.05, 4.69) is 10.6 Å². The number of benzene rings is 2. The van der Waals surface area contributed by atoms with Gasteiger partial charge in [0.25, 0.3) is 0 Å². The summed E-state index contributed by atoms with van der Waals surface area (Å²) < 4.78 is 45.1. The number of amides is 2. The molecule has 2 N–H and O–H groups in total. The van der Waals surface area contributed by atoms with Crippen LogP contribution in [-0.2, 0) is 16.1 Å². The molecule has 0 radical (unpaired) electrons. The second-order valence-corrected chi connectivity index (χ2v) is 6.61. The monoisotopic (exact) mass is 423 g/mol. The van der Waals surface area contributed by atoms with Crippen molar-refractivity contribution in [2.45, 2.75) is 19.9 Å². The van der Waals surface area contributed by atoms with Crippen molar-refractivity contribution in [2.24, 2.45) is 0 Å². The first-order chi connectivity index (χ1) is 14.3. The largest absolute Gasteiger partial charge is 0.497 e. The van der Waals surface area contributed by atoms with Crippen LogP contribution in [0.3, 0.4) is 0 Å². The third-order valence-corrected chi connectivity index (χ3v) is 4.23. The summed E-state index contributed by atoms with van der Waals surface area (Å²) in [6.07, 6.45) is 0.679. The van der Waals surface area contributed by atoms with E-state index in [-0.39, 0.29) is 19.0 Å². The molecule has 2 aromatic rings. The van der Waals surface area contributed by atoms with Crippen molar-refractivity contribution in [1.82, 2.24) is 10.2 Å². The third kappa shape index (κ3) is 6.77. The SMILES string of the molecule is CCCN(CC(=O)NCc1ccc(OC)cc1)CC(=O)Nc1ccc(F)c(F)c1F. The van der Waals surface area contributed by atoms with Gasteiger partial charge in [-0.25, -0.2) is 13.2 Å². The van der Waals surface area contributed by atoms with Crippen LogP contribution in [0.25, 0.3) is 0 Å². The maximum atomic E-state index is 13.7. The molecule has 0 atom stereocenters. The van der Waals surface area contributed by atoms with Gasteiger partial charge in [-0.3, -0.25) is 14.5 Å². The molecule has 0 unspecified atom stereocenters. The number of halogens is 3. The highest BCUT2D eigenvalue weighted by molar-refractivity contribution is 5.92. The van der Waals surface area contributed by atoms with Crippen LogP contribution in [0.15, 0.2) is 36.4 Å². The lowest BCUT2D eigenvalue weighted by Gasteiger charge is -2.20. The van der Waals surface area contributed by atoms with Crippen molar-refractivity contribution in [3.63, 3.8) is 0 Å². The Kier molecular flexibility index (Phi) is 8.67. The maximum absolute atomic E-state index is 13.7. The fraction of sp³-hybridized carbons (Fsp3) is 0.333. The number of nitrogens with one attached hydrogen (secondary N) is 2. The van der Waals surface area contributed by atoms with Gasteiger partial charge < -0.3 is 15.4 Å². The summed E-state index contributed by atoms with van der Waals surface area (Å²) in [6, 6.07) is 8.89. The van der Waals surface area contributed by atoms with Crippen LogP contribution in [0.4, 0.5) is 18.9 Å². The Balaban J connectivity index is 1.88. The van der Waals surface area contributed by atoms with Crippen LogP contribution < -0.4 is 15.4 Å². The quantitative estimate of drug-likeness (QED) is 0.577. The summed E-state index contributed by atoms with van der Waals surface area (Å²) in [6.45, 7) is 2.40. The molecule has 9 heteroatoms. The zero-order chi connectivity index (χ0) is 22.1. The minimum absolute atomic E-state index is 0.0440. The van der Waals surface area contributed by atoms with Crippen LogP contribution in [-0.4, -0.2) is 43.5 Å². The fourth-order valence-electron chi connectivity index (χ4n) is 2.75. The summed E-state index contributed by atoms with van der Waals surface area (Å²) in [5, 5.41) is 4.97. The van der Waals surface area contributed by atoms with Crippen LogP contribution in [0.5, 0.6) is 5.75 Å². The number of carbonyl (C=O) groups excluding carboxylic acids is 2. The molecule has 0 aliphatic heterocycles. The molecule has 6 nitrogen and oxygen atoms in total. The van der Waals surface area contributed by atoms with Crippen molar-refractivity contribution in [1.29, 1.82) is 0 Å². The lowest BCUT2D eigenvalue weighted by atomic mass is 10.2. The zero-order valence-electron chi connectivity index (χ0n) is 16.8. The molecule has 0 aliphatic carbocycles. The molecule has 2 aromatic carbocycles. The summed E-state index contributed by atoms with van der Waals surface area (Å²) in [7, 11) is 1.57. The van der Waals surface area contributed by atoms with Crippen molar-refractivity contribution < 1.29 is 27.5 Å². The normalized spacial score (nSPS) is 10.7. The number of nitrogens with zero attached hydrogens (tertiary/aromatic N) is 1. The molecule has 0 aliphatic rings. The molecule has 0 saturated heterocycles. The van der Waals surface area contributed by atoms with Crippen molar-refractivity contribution in [3.05, 3.63) is 59.4 Å². The van der Waals surface area contributed by atoms with Crippen molar-refractivity contribution >= 4 is 17.5 Å². The Hall–Kier alpha value is -3.07. The average molecular weight is 423 g/mol. The zero-order valence-corrected chi connectivity index (χ0v) is 16.8. The predicted octanol–water partition coefficient (Wildman–Crippen LogP) is 3.08. The standard InChI is InChI=1S/C21H24F3N3O3/c1-3-10-27(12-18(28)25-11-14-4-6-15(30-2)7-5-14)13-19(29)26-17-9-8-16(22)20(23)21(17)24/h4-9H,3,10-13H2,1-2H3,(H,25,28)(H,26,29). The minimum Gasteiger partial charge on any atom is -0.497 e. The van der Waals surface area contributed by atoms with E-state index < -0.39 is 29.0 Å². The Bertz CT molecular complexity index is 876. The number of hydrogen-bond acceptors (Lipinski definition) is 4. The van der Waals surface area contributed by atoms with E-state index in [9.17, 15) is 22.8 Å². The van der Waals surface area contributed by atoms with E-state index in [1.165, 1.54) is 0 Å². The van der Waals surface area contributed by atoms with Gasteiger partial charge in [0.15, 0.2) is 17.5 Å². The minimum atomic E-state index is -1.66. The van der Waals surface area contributed by atoms with E-state index >= 15 is 0 Å². The number of hydrogen-bond donors (Lipinski definition) is 2. The predicted molar refractivity (Wildman–Crippen MR) is 107 cm³/mol. The second kappa shape index (κ2) is 11.2. The van der Waals surface area contributed by atoms with Gasteiger partial charge >= 0.3 is 0 Å². The average Bonchev–Trinajstić information content (AvgIpc) is 2.73. The van der Waals surface area contributed by atoms with Gasteiger partial charge in [0.05, 0.1) is 25.9 Å². The molecule has 2 amide bonds. The highest BCUT2D eigenvalue weighted by atomic mass is 19.2. The van der Waals surface area contributed by atoms with E-state index in [4.69, 9.17) is 4.74 Å². The summed E-state index contributed by atoms with van der Waals surface area (Å²) in [5.41, 5.74) is 0.428. The number of ether oxygens (including phenoxy) is 1. The van der Waals surface area contributed by atoms with Crippen LogP contribution in [0.2, 0.25) is 0 Å². The van der Waals surface area contributed by atoms with Gasteiger partial charge in [-0.05, 0) is 42.8 Å². The Morgan fingerprint density at radius 1 is 0.967 bits per heavy atom. The van der Waals surface area contributed by atoms with Gasteiger partial charge in [0.2, 0.25) is 11.8 Å². The first-order valence-corrected chi connectivity index (χ1v) is 9.39. The van der Waals surface area contributed by atoms with Gasteiger partial charge in [0, 0.05) is 6.54 Å². The first kappa shape index (κ1) is 23.2. The van der Waals surface area contributed by atoms with Gasteiger partial charge in [-0.2, -0.15) is 0 Å². The number of methoxy groups -OCH3 is 1. The summed E-state index contributed by atoms with van der Waals surface area (Å²) in [5.74, 6) is -4.68. The van der Waals surface area contributed by atoms with Gasteiger partial charge in [-0.1, -0.05) is 19.1 Å². The smallest absolute Gasteiger partial charge is 0.238 e. The molecule has 0 aromatic heterocycles. The molecule has 2 rings (SSSR count). The topological polar surface area (TPSA) is 70.7 Å². The van der Waals surface area contributed by atoms with Crippen molar-refractivity contribution in [3.8, 4) is 5.75 Å². The van der Waals surface area contributed by atoms with Crippen LogP contribution in [0.1, 0.15) is 18.9 Å². The molecule has 0 saturated carbocycles. The molecule has 0 spiro atoms. The Morgan fingerprint density at radius 2 is 1.63 bits per heavy atom. The van der Waals surface area contributed by atoms with Crippen LogP contribution >= 0.6 is 0 Å². The Labute approximate surface area is 173 Å². The Morgan fingerprint density at radius 3 is 2.27 bits per heavy atom. The molecule has 0 heterocycles. The van der Waals surface area contributed by atoms with Gasteiger partial charge in [0.1, 0.15) is 5.75 Å². The maximum Gasteiger partial charge on any atom is 0.238 e. The van der Waals surface area contributed by atoms with Crippen LogP contribution in [0, 0.1) is 17.5 Å². The summed E-state index contributed by atoms with van der Waals surface area (Å²) >= 11 is 0. The first-order valence-electron chi connectivity index (χ1n) is 9.39. The highest BCUT2D eigenvalue weighted by Gasteiger charge is 2.18.